The zero-order valence-corrected chi connectivity index (χ0v) is 15.4. The Balaban J connectivity index is 1.60. The highest BCUT2D eigenvalue weighted by molar-refractivity contribution is 7.89. The van der Waals surface area contributed by atoms with E-state index in [1.165, 1.54) is 19.3 Å². The summed E-state index contributed by atoms with van der Waals surface area (Å²) < 4.78 is 28.8. The van der Waals surface area contributed by atoms with Gasteiger partial charge in [-0.15, -0.1) is 0 Å². The molecule has 4 saturated carbocycles. The summed E-state index contributed by atoms with van der Waals surface area (Å²) in [6, 6.07) is 9.23. The van der Waals surface area contributed by atoms with Gasteiger partial charge in [0, 0.05) is 24.2 Å². The highest BCUT2D eigenvalue weighted by atomic mass is 32.2. The number of para-hydroxylation sites is 1. The lowest BCUT2D eigenvalue weighted by molar-refractivity contribution is -0.0495. The molecule has 6 rings (SSSR count). The van der Waals surface area contributed by atoms with Crippen LogP contribution in [-0.2, 0) is 10.0 Å². The summed E-state index contributed by atoms with van der Waals surface area (Å²) in [5, 5.41) is 0.877. The van der Waals surface area contributed by atoms with Crippen LogP contribution in [0.15, 0.2) is 41.4 Å². The molecule has 0 aliphatic heterocycles. The minimum atomic E-state index is -3.56. The van der Waals surface area contributed by atoms with Gasteiger partial charge in [0.2, 0.25) is 10.0 Å². The third-order valence-electron chi connectivity index (χ3n) is 6.91. The molecule has 0 saturated heterocycles. The minimum Gasteiger partial charge on any atom is -0.255 e. The molecule has 132 valence electrons. The van der Waals surface area contributed by atoms with E-state index in [1.54, 1.807) is 16.6 Å². The Morgan fingerprint density at radius 2 is 1.60 bits per heavy atom. The van der Waals surface area contributed by atoms with E-state index in [1.807, 2.05) is 31.3 Å². The van der Waals surface area contributed by atoms with E-state index < -0.39 is 10.0 Å². The number of rotatable bonds is 3. The van der Waals surface area contributed by atoms with Crippen molar-refractivity contribution in [1.29, 1.82) is 0 Å². The molecule has 4 aliphatic rings. The zero-order valence-electron chi connectivity index (χ0n) is 14.6. The number of pyridine rings is 1. The maximum absolute atomic E-state index is 13.5. The average Bonchev–Trinajstić information content (AvgIpc) is 2.59. The molecule has 0 radical (unpaired) electrons. The maximum atomic E-state index is 13.5. The first-order valence-electron chi connectivity index (χ1n) is 9.31. The molecular formula is C20H24N2O2S. The van der Waals surface area contributed by atoms with Crippen LogP contribution in [0.4, 0.5) is 0 Å². The van der Waals surface area contributed by atoms with Crippen molar-refractivity contribution in [2.75, 3.05) is 7.05 Å². The van der Waals surface area contributed by atoms with E-state index in [2.05, 4.69) is 4.98 Å². The second-order valence-corrected chi connectivity index (χ2v) is 10.4. The second-order valence-electron chi connectivity index (χ2n) is 8.45. The molecule has 0 spiro atoms. The summed E-state index contributed by atoms with van der Waals surface area (Å²) in [5.41, 5.74) is 0.409. The summed E-state index contributed by atoms with van der Waals surface area (Å²) >= 11 is 0. The molecule has 4 bridgehead atoms. The third kappa shape index (κ3) is 2.28. The highest BCUT2D eigenvalue weighted by Gasteiger charge is 2.55. The van der Waals surface area contributed by atoms with Gasteiger partial charge in [0.25, 0.3) is 0 Å². The van der Waals surface area contributed by atoms with Gasteiger partial charge in [0.05, 0.1) is 5.52 Å². The predicted molar refractivity (Wildman–Crippen MR) is 97.6 cm³/mol. The number of fused-ring (bicyclic) bond motifs is 1. The quantitative estimate of drug-likeness (QED) is 0.840. The first-order chi connectivity index (χ1) is 12.0. The molecule has 0 amide bonds. The standard InChI is InChI=1S/C20H24N2O2S/c1-22(20-11-14-8-15(12-20)10-16(9-14)13-20)25(23,24)18-6-2-4-17-5-3-7-21-19(17)18/h2-7,14-16H,8-13H2,1H3. The Kier molecular flexibility index (Phi) is 3.32. The first kappa shape index (κ1) is 15.8. The van der Waals surface area contributed by atoms with Crippen molar-refractivity contribution in [3.63, 3.8) is 0 Å². The molecule has 0 atom stereocenters. The summed E-state index contributed by atoms with van der Waals surface area (Å²) in [6.07, 6.45) is 8.70. The fourth-order valence-electron chi connectivity index (χ4n) is 6.14. The number of hydrogen-bond acceptors (Lipinski definition) is 3. The van der Waals surface area contributed by atoms with Crippen molar-refractivity contribution in [2.45, 2.75) is 49.0 Å². The maximum Gasteiger partial charge on any atom is 0.245 e. The van der Waals surface area contributed by atoms with Gasteiger partial charge >= 0.3 is 0 Å². The molecule has 4 aliphatic carbocycles. The molecule has 1 heterocycles. The molecule has 25 heavy (non-hydrogen) atoms. The van der Waals surface area contributed by atoms with E-state index in [-0.39, 0.29) is 5.54 Å². The Hall–Kier alpha value is -1.46. The van der Waals surface area contributed by atoms with Crippen LogP contribution in [0, 0.1) is 17.8 Å². The number of hydrogen-bond donors (Lipinski definition) is 0. The van der Waals surface area contributed by atoms with Gasteiger partial charge < -0.3 is 0 Å². The van der Waals surface area contributed by atoms with Crippen LogP contribution in [0.1, 0.15) is 38.5 Å². The third-order valence-corrected chi connectivity index (χ3v) is 8.90. The second kappa shape index (κ2) is 5.27. The van der Waals surface area contributed by atoms with Crippen molar-refractivity contribution >= 4 is 20.9 Å². The summed E-state index contributed by atoms with van der Waals surface area (Å²) in [5.74, 6) is 2.15. The smallest absolute Gasteiger partial charge is 0.245 e. The number of sulfonamides is 1. The minimum absolute atomic E-state index is 0.176. The highest BCUT2D eigenvalue weighted by Crippen LogP contribution is 2.58. The molecule has 0 N–H and O–H groups in total. The van der Waals surface area contributed by atoms with Crippen molar-refractivity contribution in [3.8, 4) is 0 Å². The van der Waals surface area contributed by atoms with E-state index in [9.17, 15) is 8.42 Å². The molecular weight excluding hydrogens is 332 g/mol. The average molecular weight is 356 g/mol. The van der Waals surface area contributed by atoms with E-state index in [0.717, 1.165) is 42.4 Å². The Bertz CT molecular complexity index is 897. The zero-order chi connectivity index (χ0) is 17.2. The largest absolute Gasteiger partial charge is 0.255 e. The topological polar surface area (TPSA) is 50.3 Å². The van der Waals surface area contributed by atoms with Crippen molar-refractivity contribution in [1.82, 2.24) is 9.29 Å². The van der Waals surface area contributed by atoms with Gasteiger partial charge in [-0.3, -0.25) is 4.98 Å². The van der Waals surface area contributed by atoms with Gasteiger partial charge in [0.1, 0.15) is 4.90 Å². The summed E-state index contributed by atoms with van der Waals surface area (Å²) in [6.45, 7) is 0. The molecule has 1 aromatic heterocycles. The normalized spacial score (nSPS) is 34.1. The Labute approximate surface area is 149 Å². The van der Waals surface area contributed by atoms with E-state index >= 15 is 0 Å². The SMILES string of the molecule is CN(C12CC3CC(CC(C3)C1)C2)S(=O)(=O)c1cccc2cccnc12. The Morgan fingerprint density at radius 3 is 2.24 bits per heavy atom. The fourth-order valence-corrected chi connectivity index (χ4v) is 7.83. The number of benzene rings is 1. The summed E-state index contributed by atoms with van der Waals surface area (Å²) in [7, 11) is -1.75. The number of nitrogens with zero attached hydrogens (tertiary/aromatic N) is 2. The molecule has 2 aromatic rings. The summed E-state index contributed by atoms with van der Waals surface area (Å²) in [4.78, 5) is 4.72. The van der Waals surface area contributed by atoms with Crippen LogP contribution >= 0.6 is 0 Å². The van der Waals surface area contributed by atoms with Crippen LogP contribution in [0.3, 0.4) is 0 Å². The van der Waals surface area contributed by atoms with Gasteiger partial charge in [-0.1, -0.05) is 18.2 Å². The van der Waals surface area contributed by atoms with Crippen LogP contribution in [0.5, 0.6) is 0 Å². The molecule has 4 fully saturated rings. The van der Waals surface area contributed by atoms with Crippen molar-refractivity contribution in [2.24, 2.45) is 17.8 Å². The predicted octanol–water partition coefficient (Wildman–Crippen LogP) is 3.82. The monoisotopic (exact) mass is 356 g/mol. The van der Waals surface area contributed by atoms with E-state index in [4.69, 9.17) is 0 Å². The van der Waals surface area contributed by atoms with Gasteiger partial charge in [-0.25, -0.2) is 8.42 Å². The molecule has 0 unspecified atom stereocenters. The number of aromatic nitrogens is 1. The lowest BCUT2D eigenvalue weighted by Crippen LogP contribution is -2.60. The molecule has 5 heteroatoms. The molecule has 4 nitrogen and oxygen atoms in total. The lowest BCUT2D eigenvalue weighted by atomic mass is 9.53. The van der Waals surface area contributed by atoms with Gasteiger partial charge in [-0.05, 0) is 68.4 Å². The van der Waals surface area contributed by atoms with Crippen molar-refractivity contribution < 1.29 is 8.42 Å². The lowest BCUT2D eigenvalue weighted by Gasteiger charge is -2.59. The van der Waals surface area contributed by atoms with Gasteiger partial charge in [-0.2, -0.15) is 4.31 Å². The van der Waals surface area contributed by atoms with Crippen molar-refractivity contribution in [3.05, 3.63) is 36.5 Å². The Morgan fingerprint density at radius 1 is 1.00 bits per heavy atom. The first-order valence-corrected chi connectivity index (χ1v) is 10.7. The molecule has 1 aromatic carbocycles. The van der Waals surface area contributed by atoms with Crippen LogP contribution in [0.2, 0.25) is 0 Å². The van der Waals surface area contributed by atoms with Crippen LogP contribution in [-0.4, -0.2) is 30.3 Å². The van der Waals surface area contributed by atoms with E-state index in [0.29, 0.717) is 10.4 Å². The van der Waals surface area contributed by atoms with Gasteiger partial charge in [0.15, 0.2) is 0 Å². The van der Waals surface area contributed by atoms with Crippen LogP contribution in [0.25, 0.3) is 10.9 Å². The fraction of sp³-hybridized carbons (Fsp3) is 0.550. The van der Waals surface area contributed by atoms with Crippen LogP contribution < -0.4 is 0 Å².